The monoisotopic (exact) mass is 311 g/mol. The number of halogens is 1. The van der Waals surface area contributed by atoms with Crippen molar-refractivity contribution in [3.63, 3.8) is 0 Å². The summed E-state index contributed by atoms with van der Waals surface area (Å²) in [6.45, 7) is 0.146. The van der Waals surface area contributed by atoms with Crippen molar-refractivity contribution in [2.75, 3.05) is 11.3 Å². The van der Waals surface area contributed by atoms with Crippen LogP contribution in [0.5, 0.6) is 0 Å². The summed E-state index contributed by atoms with van der Waals surface area (Å²) in [6.07, 6.45) is 1.45. The van der Waals surface area contributed by atoms with Crippen LogP contribution in [0.1, 0.15) is 5.56 Å². The fourth-order valence-corrected chi connectivity index (χ4v) is 3.24. The van der Waals surface area contributed by atoms with Gasteiger partial charge in [-0.1, -0.05) is 11.8 Å². The molecule has 0 aliphatic rings. The number of nitrogens with zero attached hydrogens (tertiary/aromatic N) is 1. The summed E-state index contributed by atoms with van der Waals surface area (Å²) >= 11 is 1.10. The molecule has 0 spiro atoms. The average molecular weight is 311 g/mol. The van der Waals surface area contributed by atoms with E-state index in [2.05, 4.69) is 21.5 Å². The first kappa shape index (κ1) is 14.5. The third-order valence-corrected chi connectivity index (χ3v) is 4.40. The maximum atomic E-state index is 13.9. The molecule has 104 valence electrons. The van der Waals surface area contributed by atoms with E-state index in [1.165, 1.54) is 12.3 Å². The second-order valence-corrected chi connectivity index (χ2v) is 6.14. The number of benzene rings is 1. The average Bonchev–Trinajstić information content (AvgIpc) is 2.88. The van der Waals surface area contributed by atoms with E-state index in [1.807, 2.05) is 0 Å². The van der Waals surface area contributed by atoms with Gasteiger partial charge >= 0.3 is 0 Å². The Morgan fingerprint density at radius 1 is 1.45 bits per heavy atom. The molecule has 0 aliphatic carbocycles. The molecule has 1 aromatic carbocycles. The highest BCUT2D eigenvalue weighted by molar-refractivity contribution is 7.93. The van der Waals surface area contributed by atoms with Crippen LogP contribution in [0, 0.1) is 17.7 Å². The van der Waals surface area contributed by atoms with E-state index in [4.69, 9.17) is 5.73 Å². The van der Waals surface area contributed by atoms with Crippen molar-refractivity contribution >= 4 is 26.5 Å². The summed E-state index contributed by atoms with van der Waals surface area (Å²) in [4.78, 5) is 3.33. The minimum Gasteiger partial charge on any atom is -0.320 e. The summed E-state index contributed by atoms with van der Waals surface area (Å²) in [5.41, 5.74) is 5.57. The Morgan fingerprint density at radius 2 is 2.25 bits per heavy atom. The van der Waals surface area contributed by atoms with E-state index < -0.39 is 20.7 Å². The lowest BCUT2D eigenvalue weighted by Gasteiger charge is -2.06. The predicted molar refractivity (Wildman–Crippen MR) is 75.3 cm³/mol. The third-order valence-electron chi connectivity index (χ3n) is 2.21. The highest BCUT2D eigenvalue weighted by Gasteiger charge is 2.20. The first-order chi connectivity index (χ1) is 9.53. The predicted octanol–water partition coefficient (Wildman–Crippen LogP) is 1.39. The second kappa shape index (κ2) is 6.00. The zero-order chi connectivity index (χ0) is 14.6. The van der Waals surface area contributed by atoms with Gasteiger partial charge in [0.25, 0.3) is 10.0 Å². The zero-order valence-corrected chi connectivity index (χ0v) is 11.8. The molecule has 5 nitrogen and oxygen atoms in total. The van der Waals surface area contributed by atoms with Crippen molar-refractivity contribution in [1.82, 2.24) is 4.98 Å². The summed E-state index contributed by atoms with van der Waals surface area (Å²) in [7, 11) is -4.00. The van der Waals surface area contributed by atoms with Gasteiger partial charge in [0.2, 0.25) is 0 Å². The normalized spacial score (nSPS) is 10.7. The molecular weight excluding hydrogens is 301 g/mol. The quantitative estimate of drug-likeness (QED) is 0.839. The van der Waals surface area contributed by atoms with E-state index in [0.717, 1.165) is 23.5 Å². The number of thiazole rings is 1. The van der Waals surface area contributed by atoms with Gasteiger partial charge in [-0.05, 0) is 18.2 Å². The summed E-state index contributed by atoms with van der Waals surface area (Å²) in [5, 5.41) is 1.79. The van der Waals surface area contributed by atoms with Gasteiger partial charge in [0.1, 0.15) is 10.7 Å². The summed E-state index contributed by atoms with van der Waals surface area (Å²) in [6, 6.07) is 3.63. The number of nitrogens with one attached hydrogen (secondary N) is 1. The molecule has 2 rings (SSSR count). The number of anilines is 1. The van der Waals surface area contributed by atoms with Crippen molar-refractivity contribution in [3.8, 4) is 11.8 Å². The molecule has 20 heavy (non-hydrogen) atoms. The minimum absolute atomic E-state index is 0.146. The highest BCUT2D eigenvalue weighted by atomic mass is 32.2. The third kappa shape index (κ3) is 3.33. The Bertz CT molecular complexity index is 762. The van der Waals surface area contributed by atoms with Gasteiger partial charge in [0, 0.05) is 17.1 Å². The molecule has 0 fully saturated rings. The van der Waals surface area contributed by atoms with Crippen LogP contribution >= 0.6 is 11.3 Å². The Kier molecular flexibility index (Phi) is 4.34. The first-order valence-electron chi connectivity index (χ1n) is 5.44. The van der Waals surface area contributed by atoms with Gasteiger partial charge in [0.15, 0.2) is 5.13 Å². The topological polar surface area (TPSA) is 85.1 Å². The maximum Gasteiger partial charge on any atom is 0.266 e. The Labute approximate surface area is 119 Å². The molecule has 0 atom stereocenters. The molecule has 1 aromatic heterocycles. The van der Waals surface area contributed by atoms with Crippen LogP contribution < -0.4 is 10.5 Å². The molecule has 0 saturated heterocycles. The number of sulfonamides is 1. The second-order valence-electron chi connectivity index (χ2n) is 3.59. The van der Waals surface area contributed by atoms with E-state index in [-0.39, 0.29) is 11.7 Å². The van der Waals surface area contributed by atoms with Crippen molar-refractivity contribution in [2.45, 2.75) is 4.90 Å². The van der Waals surface area contributed by atoms with Crippen LogP contribution in [0.15, 0.2) is 34.7 Å². The van der Waals surface area contributed by atoms with Crippen LogP contribution in [0.2, 0.25) is 0 Å². The van der Waals surface area contributed by atoms with Gasteiger partial charge in [-0.25, -0.2) is 17.8 Å². The lowest BCUT2D eigenvalue weighted by Crippen LogP contribution is -2.14. The zero-order valence-electron chi connectivity index (χ0n) is 10.1. The van der Waals surface area contributed by atoms with Gasteiger partial charge in [-0.2, -0.15) is 0 Å². The molecule has 0 radical (unpaired) electrons. The number of nitrogens with two attached hydrogens (primary N) is 1. The Hall–Kier alpha value is -1.95. The van der Waals surface area contributed by atoms with Crippen LogP contribution in [0.3, 0.4) is 0 Å². The van der Waals surface area contributed by atoms with Crippen LogP contribution in [0.25, 0.3) is 0 Å². The highest BCUT2D eigenvalue weighted by Crippen LogP contribution is 2.20. The number of hydrogen-bond acceptors (Lipinski definition) is 5. The van der Waals surface area contributed by atoms with Gasteiger partial charge in [-0.3, -0.25) is 4.72 Å². The molecule has 0 bridgehead atoms. The van der Waals surface area contributed by atoms with E-state index >= 15 is 0 Å². The molecular formula is C12H10FN3O2S2. The number of hydrogen-bond donors (Lipinski definition) is 2. The van der Waals surface area contributed by atoms with Crippen LogP contribution in [0.4, 0.5) is 9.52 Å². The molecule has 0 aliphatic heterocycles. The van der Waals surface area contributed by atoms with Gasteiger partial charge < -0.3 is 5.73 Å². The maximum absolute atomic E-state index is 13.9. The van der Waals surface area contributed by atoms with Crippen molar-refractivity contribution in [3.05, 3.63) is 41.2 Å². The van der Waals surface area contributed by atoms with Crippen LogP contribution in [-0.4, -0.2) is 19.9 Å². The SMILES string of the molecule is NCC#Cc1ccc(S(=O)(=O)Nc2nccs2)c(F)c1. The largest absolute Gasteiger partial charge is 0.320 e. The lowest BCUT2D eigenvalue weighted by atomic mass is 10.2. The Morgan fingerprint density at radius 3 is 2.85 bits per heavy atom. The van der Waals surface area contributed by atoms with Gasteiger partial charge in [-0.15, -0.1) is 11.3 Å². The first-order valence-corrected chi connectivity index (χ1v) is 7.80. The molecule has 0 saturated carbocycles. The van der Waals surface area contributed by atoms with Crippen molar-refractivity contribution < 1.29 is 12.8 Å². The molecule has 0 unspecified atom stereocenters. The molecule has 2 aromatic rings. The number of rotatable bonds is 3. The van der Waals surface area contributed by atoms with Crippen molar-refractivity contribution in [1.29, 1.82) is 0 Å². The van der Waals surface area contributed by atoms with Crippen LogP contribution in [-0.2, 0) is 10.0 Å². The molecule has 0 amide bonds. The summed E-state index contributed by atoms with van der Waals surface area (Å²) in [5.74, 6) is 4.32. The van der Waals surface area contributed by atoms with Gasteiger partial charge in [0.05, 0.1) is 6.54 Å². The molecule has 3 N–H and O–H groups in total. The molecule has 1 heterocycles. The molecule has 8 heteroatoms. The Balaban J connectivity index is 2.33. The fraction of sp³-hybridized carbons (Fsp3) is 0.0833. The number of aromatic nitrogens is 1. The van der Waals surface area contributed by atoms with E-state index in [0.29, 0.717) is 5.56 Å². The minimum atomic E-state index is -4.00. The fourth-order valence-electron chi connectivity index (χ4n) is 1.39. The van der Waals surface area contributed by atoms with E-state index in [9.17, 15) is 12.8 Å². The summed E-state index contributed by atoms with van der Waals surface area (Å²) < 4.78 is 40.1. The van der Waals surface area contributed by atoms with E-state index in [1.54, 1.807) is 5.38 Å². The lowest BCUT2D eigenvalue weighted by molar-refractivity contribution is 0.570. The smallest absolute Gasteiger partial charge is 0.266 e. The standard InChI is InChI=1S/C12H10FN3O2S2/c13-10-8-9(2-1-5-14)3-4-11(10)20(17,18)16-12-15-6-7-19-12/h3-4,6-8H,5,14H2,(H,15,16). The van der Waals surface area contributed by atoms with Crippen molar-refractivity contribution in [2.24, 2.45) is 5.73 Å².